The Bertz CT molecular complexity index is 1350. The van der Waals surface area contributed by atoms with E-state index in [0.29, 0.717) is 16.1 Å². The monoisotopic (exact) mass is 541 g/mol. The van der Waals surface area contributed by atoms with Crippen molar-refractivity contribution in [3.8, 4) is 5.75 Å². The first kappa shape index (κ1) is 29.2. The number of carboxylic acid groups (broad SMARTS) is 1. The van der Waals surface area contributed by atoms with Gasteiger partial charge in [-0.1, -0.05) is 12.1 Å². The third-order valence-electron chi connectivity index (χ3n) is 5.19. The molecule has 1 atom stereocenters. The Morgan fingerprint density at radius 3 is 2.10 bits per heavy atom. The van der Waals surface area contributed by atoms with Crippen LogP contribution in [0.3, 0.4) is 0 Å². The zero-order chi connectivity index (χ0) is 29.1. The van der Waals surface area contributed by atoms with Crippen LogP contribution in [0.1, 0.15) is 53.1 Å². The first-order chi connectivity index (χ1) is 18.1. The van der Waals surface area contributed by atoms with Crippen LogP contribution in [0.15, 0.2) is 54.9 Å². The molecule has 0 fully saturated rings. The van der Waals surface area contributed by atoms with Gasteiger partial charge in [-0.15, -0.1) is 5.01 Å². The van der Waals surface area contributed by atoms with Gasteiger partial charge in [-0.05, 0) is 82.8 Å². The maximum absolute atomic E-state index is 15.3. The second-order valence-corrected chi connectivity index (χ2v) is 10.7. The molecule has 0 aliphatic heterocycles. The van der Waals surface area contributed by atoms with Crippen LogP contribution in [-0.4, -0.2) is 51.6 Å². The second kappa shape index (κ2) is 11.1. The van der Waals surface area contributed by atoms with Crippen LogP contribution in [0, 0.1) is 5.82 Å². The largest absolute Gasteiger partial charge is 0.497 e. The van der Waals surface area contributed by atoms with Gasteiger partial charge in [0.2, 0.25) is 0 Å². The van der Waals surface area contributed by atoms with E-state index in [1.54, 1.807) is 53.7 Å². The normalized spacial score (nSPS) is 12.4. The molecule has 0 saturated heterocycles. The van der Waals surface area contributed by atoms with Gasteiger partial charge in [-0.25, -0.2) is 18.8 Å². The lowest BCUT2D eigenvalue weighted by atomic mass is 10.0. The Kier molecular flexibility index (Phi) is 8.33. The number of nitrogens with zero attached hydrogens (tertiary/aromatic N) is 3. The first-order valence-electron chi connectivity index (χ1n) is 12.1. The fraction of sp³-hybridized carbons (Fsp3) is 0.357. The van der Waals surface area contributed by atoms with Gasteiger partial charge in [-0.2, -0.15) is 0 Å². The summed E-state index contributed by atoms with van der Waals surface area (Å²) in [7, 11) is 1.41. The summed E-state index contributed by atoms with van der Waals surface area (Å²) < 4.78 is 31.6. The molecule has 0 spiro atoms. The van der Waals surface area contributed by atoms with E-state index < -0.39 is 41.2 Å². The Morgan fingerprint density at radius 1 is 0.949 bits per heavy atom. The molecule has 1 N–H and O–H groups in total. The van der Waals surface area contributed by atoms with E-state index in [2.05, 4.69) is 4.98 Å². The molecule has 11 heteroatoms. The van der Waals surface area contributed by atoms with Gasteiger partial charge in [0.25, 0.3) is 0 Å². The van der Waals surface area contributed by atoms with E-state index in [4.69, 9.17) is 14.2 Å². The molecule has 0 aliphatic rings. The van der Waals surface area contributed by atoms with Crippen molar-refractivity contribution >= 4 is 34.6 Å². The van der Waals surface area contributed by atoms with E-state index in [1.165, 1.54) is 43.8 Å². The number of aliphatic carboxylic acids is 1. The fourth-order valence-corrected chi connectivity index (χ4v) is 3.71. The van der Waals surface area contributed by atoms with Gasteiger partial charge in [0.1, 0.15) is 22.8 Å². The van der Waals surface area contributed by atoms with Gasteiger partial charge in [0.15, 0.2) is 6.04 Å². The van der Waals surface area contributed by atoms with Gasteiger partial charge >= 0.3 is 18.2 Å². The number of pyridine rings is 1. The van der Waals surface area contributed by atoms with Crippen LogP contribution in [0.4, 0.5) is 19.7 Å². The van der Waals surface area contributed by atoms with Gasteiger partial charge in [0, 0.05) is 17.8 Å². The number of carbonyl (C=O) groups is 3. The number of fused-ring (bicyclic) bond motifs is 1. The Morgan fingerprint density at radius 2 is 1.56 bits per heavy atom. The minimum Gasteiger partial charge on any atom is -0.497 e. The number of halogens is 1. The lowest BCUT2D eigenvalue weighted by molar-refractivity contribution is -0.139. The fourth-order valence-electron chi connectivity index (χ4n) is 3.71. The number of hydrogen-bond acceptors (Lipinski definition) is 8. The van der Waals surface area contributed by atoms with Gasteiger partial charge in [-0.3, -0.25) is 9.99 Å². The number of carbonyl (C=O) groups excluding carboxylic acids is 2. The average molecular weight is 542 g/mol. The number of rotatable bonds is 6. The number of amides is 2. The zero-order valence-electron chi connectivity index (χ0n) is 22.9. The summed E-state index contributed by atoms with van der Waals surface area (Å²) in [6.07, 6.45) is 0.309. The Hall–Kier alpha value is -4.41. The van der Waals surface area contributed by atoms with Crippen LogP contribution in [0.2, 0.25) is 0 Å². The third kappa shape index (κ3) is 7.13. The number of imide groups is 1. The van der Waals surface area contributed by atoms with Crippen molar-refractivity contribution in [3.05, 3.63) is 66.2 Å². The van der Waals surface area contributed by atoms with Crippen molar-refractivity contribution in [2.24, 2.45) is 0 Å². The summed E-state index contributed by atoms with van der Waals surface area (Å²) in [5, 5.41) is 12.3. The molecule has 2 amide bonds. The highest BCUT2D eigenvalue weighted by Gasteiger charge is 2.43. The number of benzene rings is 2. The third-order valence-corrected chi connectivity index (χ3v) is 5.19. The van der Waals surface area contributed by atoms with E-state index in [1.807, 2.05) is 0 Å². The molecule has 0 saturated carbocycles. The molecule has 10 nitrogen and oxygen atoms in total. The lowest BCUT2D eigenvalue weighted by Gasteiger charge is -2.39. The van der Waals surface area contributed by atoms with Crippen molar-refractivity contribution in [3.63, 3.8) is 0 Å². The topological polar surface area (TPSA) is 119 Å². The van der Waals surface area contributed by atoms with Crippen molar-refractivity contribution in [2.45, 2.75) is 58.8 Å². The molecule has 0 bridgehead atoms. The molecule has 1 unspecified atom stereocenters. The number of aromatic nitrogens is 1. The van der Waals surface area contributed by atoms with Crippen molar-refractivity contribution in [2.75, 3.05) is 12.1 Å². The average Bonchev–Trinajstić information content (AvgIpc) is 2.81. The number of anilines is 1. The Balaban J connectivity index is 2.36. The lowest BCUT2D eigenvalue weighted by Crippen LogP contribution is -2.56. The summed E-state index contributed by atoms with van der Waals surface area (Å²) in [6.45, 7) is 9.51. The Labute approximate surface area is 225 Å². The summed E-state index contributed by atoms with van der Waals surface area (Å²) in [5.41, 5.74) is -2.14. The molecular weight excluding hydrogens is 509 g/mol. The molecule has 39 heavy (non-hydrogen) atoms. The van der Waals surface area contributed by atoms with Gasteiger partial charge < -0.3 is 19.3 Å². The van der Waals surface area contributed by atoms with E-state index in [0.717, 1.165) is 11.1 Å². The van der Waals surface area contributed by atoms with Crippen LogP contribution in [0.5, 0.6) is 5.75 Å². The summed E-state index contributed by atoms with van der Waals surface area (Å²) >= 11 is 0. The van der Waals surface area contributed by atoms with Crippen LogP contribution in [0.25, 0.3) is 10.8 Å². The SMILES string of the molecule is COc1cccc(C(C(=O)O)N(c2cc(F)c3cnccc3c2)N(C(=O)OC(C)(C)C)C(=O)OC(C)(C)C)c1. The predicted molar refractivity (Wildman–Crippen MR) is 142 cm³/mol. The minimum atomic E-state index is -1.72. The number of hydrogen-bond donors (Lipinski definition) is 1. The predicted octanol–water partition coefficient (Wildman–Crippen LogP) is 6.10. The van der Waals surface area contributed by atoms with Crippen LogP contribution >= 0.6 is 0 Å². The zero-order valence-corrected chi connectivity index (χ0v) is 22.9. The highest BCUT2D eigenvalue weighted by molar-refractivity contribution is 5.94. The number of hydrazine groups is 1. The highest BCUT2D eigenvalue weighted by Crippen LogP contribution is 2.35. The minimum absolute atomic E-state index is 0.127. The molecule has 1 heterocycles. The van der Waals surface area contributed by atoms with Crippen molar-refractivity contribution in [1.82, 2.24) is 9.99 Å². The van der Waals surface area contributed by atoms with E-state index >= 15 is 4.39 Å². The molecule has 208 valence electrons. The second-order valence-electron chi connectivity index (χ2n) is 10.7. The maximum atomic E-state index is 15.3. The van der Waals surface area contributed by atoms with E-state index in [9.17, 15) is 19.5 Å². The summed E-state index contributed by atoms with van der Waals surface area (Å²) in [4.78, 5) is 43.9. The molecule has 3 aromatic rings. The molecule has 0 radical (unpaired) electrons. The summed E-state index contributed by atoms with van der Waals surface area (Å²) in [6, 6.07) is 8.34. The smallest absolute Gasteiger partial charge is 0.439 e. The molecule has 0 aliphatic carbocycles. The van der Waals surface area contributed by atoms with Gasteiger partial charge in [0.05, 0.1) is 12.8 Å². The standard InChI is InChI=1S/C28H32FN3O7/c1-27(2,3)38-25(35)32(26(36)39-28(4,5)6)31(19-13-17-11-12-30-16-21(17)22(29)15-19)23(24(33)34)18-9-8-10-20(14-18)37-7/h8-16,23H,1-7H3,(H,33,34). The molecule has 1 aromatic heterocycles. The number of carboxylic acids is 1. The molecule has 3 rings (SSSR count). The van der Waals surface area contributed by atoms with Crippen molar-refractivity contribution < 1.29 is 38.1 Å². The molecule has 2 aromatic carbocycles. The quantitative estimate of drug-likeness (QED) is 0.369. The highest BCUT2D eigenvalue weighted by atomic mass is 19.1. The number of methoxy groups -OCH3 is 1. The molecular formula is C28H32FN3O7. The number of ether oxygens (including phenoxy) is 3. The van der Waals surface area contributed by atoms with Crippen LogP contribution < -0.4 is 9.75 Å². The van der Waals surface area contributed by atoms with Crippen molar-refractivity contribution in [1.29, 1.82) is 0 Å². The first-order valence-corrected chi connectivity index (χ1v) is 12.1. The van der Waals surface area contributed by atoms with E-state index in [-0.39, 0.29) is 16.6 Å². The summed E-state index contributed by atoms with van der Waals surface area (Å²) in [5.74, 6) is -1.87. The van der Waals surface area contributed by atoms with Crippen LogP contribution in [-0.2, 0) is 14.3 Å². The maximum Gasteiger partial charge on any atom is 0.439 e.